The van der Waals surface area contributed by atoms with Crippen molar-refractivity contribution in [3.63, 3.8) is 0 Å². The zero-order chi connectivity index (χ0) is 13.2. The van der Waals surface area contributed by atoms with Crippen molar-refractivity contribution in [3.8, 4) is 0 Å². The molecule has 19 heavy (non-hydrogen) atoms. The molecule has 0 radical (unpaired) electrons. The van der Waals surface area contributed by atoms with Crippen LogP contribution in [0.15, 0.2) is 39.6 Å². The maximum atomic E-state index is 5.36. The predicted octanol–water partition coefficient (Wildman–Crippen LogP) is 4.23. The summed E-state index contributed by atoms with van der Waals surface area (Å²) >= 11 is 3.47. The van der Waals surface area contributed by atoms with E-state index in [2.05, 4.69) is 39.4 Å². The lowest BCUT2D eigenvalue weighted by Gasteiger charge is -2.21. The van der Waals surface area contributed by atoms with Crippen LogP contribution in [0.25, 0.3) is 0 Å². The molecule has 1 N–H and O–H groups in total. The zero-order valence-electron chi connectivity index (χ0n) is 11.1. The highest BCUT2D eigenvalue weighted by Gasteiger charge is 2.19. The van der Waals surface area contributed by atoms with E-state index in [-0.39, 0.29) is 6.04 Å². The molecule has 0 amide bonds. The fraction of sp³-hybridized carbons (Fsp3) is 0.375. The number of fused-ring (bicyclic) bond motifs is 1. The Morgan fingerprint density at radius 1 is 1.16 bits per heavy atom. The van der Waals surface area contributed by atoms with Gasteiger partial charge < -0.3 is 9.73 Å². The molecule has 0 aliphatic heterocycles. The van der Waals surface area contributed by atoms with Gasteiger partial charge in [-0.1, -0.05) is 18.2 Å². The summed E-state index contributed by atoms with van der Waals surface area (Å²) in [5.74, 6) is 0. The van der Waals surface area contributed by atoms with Crippen LogP contribution in [0.1, 0.15) is 41.1 Å². The minimum atomic E-state index is 0.181. The molecule has 1 aromatic carbocycles. The SMILES string of the molecule is CNC(c1ccc2c(c1)CCCC2)c1ccoc1Br. The van der Waals surface area contributed by atoms with Gasteiger partial charge in [-0.25, -0.2) is 0 Å². The van der Waals surface area contributed by atoms with E-state index < -0.39 is 0 Å². The average Bonchev–Trinajstić information content (AvgIpc) is 2.86. The monoisotopic (exact) mass is 319 g/mol. The van der Waals surface area contributed by atoms with Crippen LogP contribution in [0.5, 0.6) is 0 Å². The van der Waals surface area contributed by atoms with E-state index in [1.54, 1.807) is 6.26 Å². The molecular weight excluding hydrogens is 302 g/mol. The predicted molar refractivity (Wildman–Crippen MR) is 80.4 cm³/mol. The summed E-state index contributed by atoms with van der Waals surface area (Å²) in [7, 11) is 1.99. The van der Waals surface area contributed by atoms with Crippen LogP contribution < -0.4 is 5.32 Å². The van der Waals surface area contributed by atoms with Crippen LogP contribution in [0, 0.1) is 0 Å². The van der Waals surface area contributed by atoms with Crippen LogP contribution in [0.3, 0.4) is 0 Å². The molecule has 2 aromatic rings. The smallest absolute Gasteiger partial charge is 0.174 e. The first-order valence-corrected chi connectivity index (χ1v) is 7.60. The molecule has 100 valence electrons. The van der Waals surface area contributed by atoms with Crippen LogP contribution >= 0.6 is 15.9 Å². The topological polar surface area (TPSA) is 25.2 Å². The second-order valence-corrected chi connectivity index (χ2v) is 5.83. The van der Waals surface area contributed by atoms with Crippen LogP contribution in [0.2, 0.25) is 0 Å². The van der Waals surface area contributed by atoms with Gasteiger partial charge >= 0.3 is 0 Å². The first-order chi connectivity index (χ1) is 9.29. The molecule has 1 aliphatic rings. The van der Waals surface area contributed by atoms with Crippen molar-refractivity contribution in [2.45, 2.75) is 31.7 Å². The minimum absolute atomic E-state index is 0.181. The maximum Gasteiger partial charge on any atom is 0.174 e. The normalized spacial score (nSPS) is 16.1. The molecule has 2 nitrogen and oxygen atoms in total. The lowest BCUT2D eigenvalue weighted by atomic mass is 9.88. The van der Waals surface area contributed by atoms with Crippen LogP contribution in [-0.4, -0.2) is 7.05 Å². The number of halogens is 1. The third-order valence-electron chi connectivity index (χ3n) is 3.95. The van der Waals surface area contributed by atoms with Gasteiger partial charge in [0.25, 0.3) is 0 Å². The fourth-order valence-corrected chi connectivity index (χ4v) is 3.41. The number of rotatable bonds is 3. The molecule has 0 saturated carbocycles. The summed E-state index contributed by atoms with van der Waals surface area (Å²) in [6, 6.07) is 9.09. The van der Waals surface area contributed by atoms with Gasteiger partial charge in [0.1, 0.15) is 0 Å². The maximum absolute atomic E-state index is 5.36. The second-order valence-electron chi connectivity index (χ2n) is 5.11. The summed E-state index contributed by atoms with van der Waals surface area (Å²) in [6.45, 7) is 0. The summed E-state index contributed by atoms with van der Waals surface area (Å²) in [6.07, 6.45) is 6.81. The largest absolute Gasteiger partial charge is 0.457 e. The highest BCUT2D eigenvalue weighted by Crippen LogP contribution is 2.31. The lowest BCUT2D eigenvalue weighted by molar-refractivity contribution is 0.530. The van der Waals surface area contributed by atoms with E-state index in [0.717, 1.165) is 10.2 Å². The Labute approximate surface area is 122 Å². The minimum Gasteiger partial charge on any atom is -0.457 e. The number of furan rings is 1. The molecule has 1 aromatic heterocycles. The molecule has 0 fully saturated rings. The Morgan fingerprint density at radius 3 is 2.63 bits per heavy atom. The average molecular weight is 320 g/mol. The Balaban J connectivity index is 1.98. The van der Waals surface area contributed by atoms with Crippen molar-refractivity contribution in [2.75, 3.05) is 7.05 Å². The van der Waals surface area contributed by atoms with Gasteiger partial charge in [0.15, 0.2) is 4.67 Å². The summed E-state index contributed by atoms with van der Waals surface area (Å²) in [4.78, 5) is 0. The van der Waals surface area contributed by atoms with Gasteiger partial charge in [0.05, 0.1) is 12.3 Å². The van der Waals surface area contributed by atoms with E-state index in [4.69, 9.17) is 4.42 Å². The zero-order valence-corrected chi connectivity index (χ0v) is 12.7. The standard InChI is InChI=1S/C16H18BrNO/c1-18-15(14-8-9-19-16(14)17)13-7-6-11-4-2-3-5-12(11)10-13/h6-10,15,18H,2-5H2,1H3. The van der Waals surface area contributed by atoms with Crippen molar-refractivity contribution < 1.29 is 4.42 Å². The molecule has 1 atom stereocenters. The molecule has 1 heterocycles. The molecule has 1 aliphatic carbocycles. The van der Waals surface area contributed by atoms with Crippen molar-refractivity contribution in [3.05, 3.63) is 57.5 Å². The summed E-state index contributed by atoms with van der Waals surface area (Å²) in [5.41, 5.74) is 5.50. The Kier molecular flexibility index (Phi) is 3.76. The van der Waals surface area contributed by atoms with E-state index in [9.17, 15) is 0 Å². The van der Waals surface area contributed by atoms with Gasteiger partial charge in [0, 0.05) is 5.56 Å². The Bertz CT molecular complexity index is 576. The number of hydrogen-bond donors (Lipinski definition) is 1. The lowest BCUT2D eigenvalue weighted by Crippen LogP contribution is -2.18. The fourth-order valence-electron chi connectivity index (χ4n) is 2.94. The molecular formula is C16H18BrNO. The second kappa shape index (κ2) is 5.51. The van der Waals surface area contributed by atoms with E-state index >= 15 is 0 Å². The van der Waals surface area contributed by atoms with Crippen molar-refractivity contribution >= 4 is 15.9 Å². The van der Waals surface area contributed by atoms with Gasteiger partial charge in [0.2, 0.25) is 0 Å². The van der Waals surface area contributed by atoms with Crippen molar-refractivity contribution in [2.24, 2.45) is 0 Å². The van der Waals surface area contributed by atoms with Crippen LogP contribution in [-0.2, 0) is 12.8 Å². The highest BCUT2D eigenvalue weighted by atomic mass is 79.9. The number of nitrogens with one attached hydrogen (secondary N) is 1. The van der Waals surface area contributed by atoms with Crippen molar-refractivity contribution in [1.29, 1.82) is 0 Å². The molecule has 3 heteroatoms. The van der Waals surface area contributed by atoms with Gasteiger partial charge in [-0.2, -0.15) is 0 Å². The number of aryl methyl sites for hydroxylation is 2. The molecule has 1 unspecified atom stereocenters. The van der Waals surface area contributed by atoms with E-state index in [0.29, 0.717) is 0 Å². The van der Waals surface area contributed by atoms with Crippen molar-refractivity contribution in [1.82, 2.24) is 5.32 Å². The van der Waals surface area contributed by atoms with Crippen LogP contribution in [0.4, 0.5) is 0 Å². The highest BCUT2D eigenvalue weighted by molar-refractivity contribution is 9.10. The third-order valence-corrected chi connectivity index (χ3v) is 4.60. The van der Waals surface area contributed by atoms with E-state index in [1.165, 1.54) is 42.4 Å². The summed E-state index contributed by atoms with van der Waals surface area (Å²) in [5, 5.41) is 3.38. The number of benzene rings is 1. The van der Waals surface area contributed by atoms with Gasteiger partial charge in [-0.15, -0.1) is 0 Å². The third kappa shape index (κ3) is 2.49. The molecule has 0 bridgehead atoms. The Morgan fingerprint density at radius 2 is 1.95 bits per heavy atom. The first-order valence-electron chi connectivity index (χ1n) is 6.81. The Hall–Kier alpha value is -1.06. The molecule has 3 rings (SSSR count). The molecule has 0 spiro atoms. The quantitative estimate of drug-likeness (QED) is 0.915. The van der Waals surface area contributed by atoms with E-state index in [1.807, 2.05) is 13.1 Å². The summed E-state index contributed by atoms with van der Waals surface area (Å²) < 4.78 is 6.17. The van der Waals surface area contributed by atoms with Gasteiger partial charge in [-0.3, -0.25) is 0 Å². The molecule has 0 saturated heterocycles. The number of hydrogen-bond acceptors (Lipinski definition) is 2. The first kappa shape index (κ1) is 12.9. The van der Waals surface area contributed by atoms with Gasteiger partial charge in [-0.05, 0) is 71.4 Å².